The van der Waals surface area contributed by atoms with Gasteiger partial charge in [-0.15, -0.1) is 10.2 Å². The molecular formula is C16H10FN9O. The molecule has 4 aromatic rings. The Morgan fingerprint density at radius 2 is 2.19 bits per heavy atom. The van der Waals surface area contributed by atoms with Gasteiger partial charge in [0.25, 0.3) is 0 Å². The van der Waals surface area contributed by atoms with Gasteiger partial charge in [-0.05, 0) is 28.6 Å². The highest BCUT2D eigenvalue weighted by atomic mass is 19.1. The molecule has 0 radical (unpaired) electrons. The minimum atomic E-state index is -0.602. The van der Waals surface area contributed by atoms with Crippen LogP contribution in [0.5, 0.6) is 0 Å². The number of halogens is 1. The lowest BCUT2D eigenvalue weighted by Crippen LogP contribution is -2.19. The number of aromatic nitrogens is 7. The maximum Gasteiger partial charge on any atom is 0.249 e. The van der Waals surface area contributed by atoms with Gasteiger partial charge in [0.05, 0.1) is 5.56 Å². The monoisotopic (exact) mass is 363 g/mol. The molecule has 10 nitrogen and oxygen atoms in total. The van der Waals surface area contributed by atoms with Crippen molar-refractivity contribution in [3.8, 4) is 17.2 Å². The van der Waals surface area contributed by atoms with Crippen LogP contribution < -0.4 is 5.32 Å². The Bertz CT molecular complexity index is 1180. The van der Waals surface area contributed by atoms with E-state index in [-0.39, 0.29) is 23.6 Å². The minimum Gasteiger partial charge on any atom is -0.292 e. The summed E-state index contributed by atoms with van der Waals surface area (Å²) in [5.74, 6) is -0.905. The number of nitriles is 1. The van der Waals surface area contributed by atoms with Crippen molar-refractivity contribution in [1.82, 2.24) is 34.8 Å². The number of nitrogens with zero attached hydrogens (tertiary/aromatic N) is 8. The van der Waals surface area contributed by atoms with Crippen molar-refractivity contribution < 1.29 is 9.18 Å². The molecule has 0 unspecified atom stereocenters. The molecule has 0 aliphatic carbocycles. The van der Waals surface area contributed by atoms with Crippen LogP contribution in [-0.2, 0) is 11.3 Å². The van der Waals surface area contributed by atoms with E-state index < -0.39 is 11.7 Å². The zero-order valence-corrected chi connectivity index (χ0v) is 13.6. The van der Waals surface area contributed by atoms with Crippen molar-refractivity contribution in [2.45, 2.75) is 6.54 Å². The molecule has 0 bridgehead atoms. The van der Waals surface area contributed by atoms with Gasteiger partial charge in [0.15, 0.2) is 5.65 Å². The lowest BCUT2D eigenvalue weighted by atomic mass is 10.0. The van der Waals surface area contributed by atoms with Gasteiger partial charge in [0.1, 0.15) is 24.8 Å². The summed E-state index contributed by atoms with van der Waals surface area (Å²) in [5.41, 5.74) is 1.22. The Kier molecular flexibility index (Phi) is 3.98. The fraction of sp³-hybridized carbons (Fsp3) is 0.0625. The first-order chi connectivity index (χ1) is 13.1. The summed E-state index contributed by atoms with van der Waals surface area (Å²) in [7, 11) is 0. The maximum absolute atomic E-state index is 14.4. The van der Waals surface area contributed by atoms with Crippen LogP contribution in [-0.4, -0.2) is 40.7 Å². The zero-order chi connectivity index (χ0) is 18.8. The van der Waals surface area contributed by atoms with E-state index in [1.165, 1.54) is 21.6 Å². The Morgan fingerprint density at radius 1 is 1.30 bits per heavy atom. The van der Waals surface area contributed by atoms with E-state index in [0.29, 0.717) is 11.2 Å². The molecule has 1 amide bonds. The molecule has 4 rings (SSSR count). The van der Waals surface area contributed by atoms with E-state index in [1.54, 1.807) is 30.5 Å². The van der Waals surface area contributed by atoms with E-state index in [0.717, 1.165) is 0 Å². The van der Waals surface area contributed by atoms with Gasteiger partial charge < -0.3 is 0 Å². The number of tetrazole rings is 1. The molecule has 11 heteroatoms. The number of fused-ring (bicyclic) bond motifs is 1. The summed E-state index contributed by atoms with van der Waals surface area (Å²) >= 11 is 0. The molecule has 1 N–H and O–H groups in total. The second-order valence-electron chi connectivity index (χ2n) is 5.49. The van der Waals surface area contributed by atoms with Gasteiger partial charge in [0.2, 0.25) is 11.9 Å². The standard InChI is InChI=1S/C16H10FN9O/c17-15-10(6-18)2-1-3-12(15)11-4-5-13-20-16(22-26(13)7-11)21-14(27)8-25-9-19-23-24-25/h1-5,7,9H,8H2,(H,21,22,27). The number of nitrogens with one attached hydrogen (secondary N) is 1. The minimum absolute atomic E-state index is 0.0401. The largest absolute Gasteiger partial charge is 0.292 e. The molecule has 3 aromatic heterocycles. The third-order valence-electron chi connectivity index (χ3n) is 3.71. The first kappa shape index (κ1) is 16.3. The van der Waals surface area contributed by atoms with Crippen molar-refractivity contribution in [3.05, 3.63) is 54.2 Å². The number of benzene rings is 1. The Hall–Kier alpha value is -4.20. The number of rotatable bonds is 4. The zero-order valence-electron chi connectivity index (χ0n) is 13.6. The third-order valence-corrected chi connectivity index (χ3v) is 3.71. The van der Waals surface area contributed by atoms with Crippen LogP contribution >= 0.6 is 0 Å². The Balaban J connectivity index is 1.61. The van der Waals surface area contributed by atoms with E-state index in [1.807, 2.05) is 6.07 Å². The lowest BCUT2D eigenvalue weighted by Gasteiger charge is -2.04. The average Bonchev–Trinajstić information content (AvgIpc) is 3.30. The van der Waals surface area contributed by atoms with E-state index in [9.17, 15) is 9.18 Å². The summed E-state index contributed by atoms with van der Waals surface area (Å²) in [5, 5.41) is 26.2. The van der Waals surface area contributed by atoms with Crippen LogP contribution in [0.2, 0.25) is 0 Å². The summed E-state index contributed by atoms with van der Waals surface area (Å²) in [6, 6.07) is 9.70. The average molecular weight is 363 g/mol. The topological polar surface area (TPSA) is 127 Å². The van der Waals surface area contributed by atoms with Crippen molar-refractivity contribution in [3.63, 3.8) is 0 Å². The number of carbonyl (C=O) groups excluding carboxylic acids is 1. The maximum atomic E-state index is 14.4. The molecule has 0 saturated carbocycles. The van der Waals surface area contributed by atoms with E-state index in [4.69, 9.17) is 5.26 Å². The smallest absolute Gasteiger partial charge is 0.249 e. The van der Waals surface area contributed by atoms with Crippen LogP contribution in [0.25, 0.3) is 16.8 Å². The van der Waals surface area contributed by atoms with Crippen LogP contribution in [0.1, 0.15) is 5.56 Å². The van der Waals surface area contributed by atoms with Gasteiger partial charge in [0, 0.05) is 17.3 Å². The number of anilines is 1. The van der Waals surface area contributed by atoms with E-state index >= 15 is 0 Å². The number of pyridine rings is 1. The highest BCUT2D eigenvalue weighted by molar-refractivity contribution is 5.88. The molecule has 0 fully saturated rings. The molecule has 0 spiro atoms. The first-order valence-electron chi connectivity index (χ1n) is 7.70. The molecule has 1 aromatic carbocycles. The third kappa shape index (κ3) is 3.19. The van der Waals surface area contributed by atoms with E-state index in [2.05, 4.69) is 30.9 Å². The number of hydrogen-bond donors (Lipinski definition) is 1. The van der Waals surface area contributed by atoms with Crippen LogP contribution in [0.4, 0.5) is 10.3 Å². The van der Waals surface area contributed by atoms with Crippen LogP contribution in [0.15, 0.2) is 42.9 Å². The molecule has 0 aliphatic rings. The highest BCUT2D eigenvalue weighted by Gasteiger charge is 2.13. The molecule has 0 atom stereocenters. The molecule has 132 valence electrons. The lowest BCUT2D eigenvalue weighted by molar-refractivity contribution is -0.117. The molecule has 3 heterocycles. The predicted octanol–water partition coefficient (Wildman–Crippen LogP) is 1.03. The second kappa shape index (κ2) is 6.60. The van der Waals surface area contributed by atoms with Crippen LogP contribution in [0, 0.1) is 17.1 Å². The van der Waals surface area contributed by atoms with Crippen molar-refractivity contribution >= 4 is 17.5 Å². The molecule has 27 heavy (non-hydrogen) atoms. The molecule has 0 aliphatic heterocycles. The Morgan fingerprint density at radius 3 is 2.96 bits per heavy atom. The first-order valence-corrected chi connectivity index (χ1v) is 7.70. The quantitative estimate of drug-likeness (QED) is 0.574. The summed E-state index contributed by atoms with van der Waals surface area (Å²) in [6.45, 7) is -0.0834. The normalized spacial score (nSPS) is 10.7. The highest BCUT2D eigenvalue weighted by Crippen LogP contribution is 2.25. The molecular weight excluding hydrogens is 353 g/mol. The van der Waals surface area contributed by atoms with Crippen molar-refractivity contribution in [2.75, 3.05) is 5.32 Å². The summed E-state index contributed by atoms with van der Waals surface area (Å²) < 4.78 is 17.0. The summed E-state index contributed by atoms with van der Waals surface area (Å²) in [6.07, 6.45) is 2.88. The SMILES string of the molecule is N#Cc1cccc(-c2ccc3nc(NC(=O)Cn4cnnn4)nn3c2)c1F. The second-order valence-corrected chi connectivity index (χ2v) is 5.49. The Labute approximate surface area is 150 Å². The fourth-order valence-electron chi connectivity index (χ4n) is 2.50. The fourth-order valence-corrected chi connectivity index (χ4v) is 2.50. The van der Waals surface area contributed by atoms with Gasteiger partial charge in [-0.2, -0.15) is 10.2 Å². The van der Waals surface area contributed by atoms with Gasteiger partial charge in [-0.25, -0.2) is 13.6 Å². The van der Waals surface area contributed by atoms with Gasteiger partial charge >= 0.3 is 0 Å². The van der Waals surface area contributed by atoms with Gasteiger partial charge in [-0.3, -0.25) is 10.1 Å². The number of carbonyl (C=O) groups is 1. The predicted molar refractivity (Wildman–Crippen MR) is 89.5 cm³/mol. The number of amides is 1. The van der Waals surface area contributed by atoms with Crippen molar-refractivity contribution in [2.24, 2.45) is 0 Å². The summed E-state index contributed by atoms with van der Waals surface area (Å²) in [4.78, 5) is 16.1. The molecule has 0 saturated heterocycles. The van der Waals surface area contributed by atoms with Crippen molar-refractivity contribution in [1.29, 1.82) is 5.26 Å². The van der Waals surface area contributed by atoms with Gasteiger partial charge in [-0.1, -0.05) is 12.1 Å². The number of hydrogen-bond acceptors (Lipinski definition) is 7. The van der Waals surface area contributed by atoms with Crippen LogP contribution in [0.3, 0.4) is 0 Å².